The number of rotatable bonds is 4. The standard InChI is InChI=1S/C14H10N8O/c15-22-20-12-5-4-10(7-16-12)14(23)19-11-3-1-2-9(6-11)13-17-8-18-21-13/h1-8H,(H2-,16,17,18,19,20,21,23)/p+1. The lowest BCUT2D eigenvalue weighted by atomic mass is 10.2. The predicted octanol–water partition coefficient (Wildman–Crippen LogP) is 2.30. The number of anilines is 2. The van der Waals surface area contributed by atoms with Crippen molar-refractivity contribution in [1.29, 1.82) is 5.39 Å². The van der Waals surface area contributed by atoms with Gasteiger partial charge in [0.05, 0.1) is 5.56 Å². The first-order valence-corrected chi connectivity index (χ1v) is 6.59. The van der Waals surface area contributed by atoms with Crippen LogP contribution in [0.2, 0.25) is 0 Å². The lowest BCUT2D eigenvalue weighted by Crippen LogP contribution is -2.12. The fourth-order valence-electron chi connectivity index (χ4n) is 1.94. The Balaban J connectivity index is 1.75. The highest BCUT2D eigenvalue weighted by Crippen LogP contribution is 2.19. The Labute approximate surface area is 130 Å². The van der Waals surface area contributed by atoms with Gasteiger partial charge in [0.1, 0.15) is 6.33 Å². The van der Waals surface area contributed by atoms with Crippen molar-refractivity contribution < 1.29 is 4.79 Å². The molecule has 0 saturated carbocycles. The minimum atomic E-state index is -0.306. The van der Waals surface area contributed by atoms with Crippen LogP contribution in [0.15, 0.2) is 48.9 Å². The van der Waals surface area contributed by atoms with Crippen molar-refractivity contribution in [2.45, 2.75) is 0 Å². The number of aromatic nitrogens is 4. The largest absolute Gasteiger partial charge is 0.322 e. The maximum atomic E-state index is 12.2. The van der Waals surface area contributed by atoms with Crippen LogP contribution in [0, 0.1) is 5.39 Å². The van der Waals surface area contributed by atoms with Crippen molar-refractivity contribution in [3.63, 3.8) is 0 Å². The zero-order valence-electron chi connectivity index (χ0n) is 11.8. The summed E-state index contributed by atoms with van der Waals surface area (Å²) in [7, 11) is 0. The number of benzene rings is 1. The highest BCUT2D eigenvalue weighted by atomic mass is 16.1. The van der Waals surface area contributed by atoms with Crippen LogP contribution in [-0.2, 0) is 0 Å². The third-order valence-electron chi connectivity index (χ3n) is 3.00. The molecule has 3 N–H and O–H groups in total. The fourth-order valence-corrected chi connectivity index (χ4v) is 1.94. The van der Waals surface area contributed by atoms with E-state index in [9.17, 15) is 4.79 Å². The lowest BCUT2D eigenvalue weighted by molar-refractivity contribution is 0.102. The predicted molar refractivity (Wildman–Crippen MR) is 82.7 cm³/mol. The van der Waals surface area contributed by atoms with Crippen LogP contribution in [0.5, 0.6) is 0 Å². The zero-order valence-corrected chi connectivity index (χ0v) is 11.8. The molecule has 0 fully saturated rings. The average Bonchev–Trinajstić information content (AvgIpc) is 3.11. The van der Waals surface area contributed by atoms with Crippen LogP contribution in [-0.4, -0.2) is 26.1 Å². The molecule has 0 aliphatic carbocycles. The molecule has 1 amide bonds. The molecule has 0 bridgehead atoms. The minimum absolute atomic E-state index is 0.306. The second-order valence-corrected chi connectivity index (χ2v) is 4.51. The molecule has 9 nitrogen and oxygen atoms in total. The second-order valence-electron chi connectivity index (χ2n) is 4.51. The van der Waals surface area contributed by atoms with Crippen molar-refractivity contribution in [1.82, 2.24) is 20.2 Å². The van der Waals surface area contributed by atoms with Gasteiger partial charge in [-0.25, -0.2) is 9.97 Å². The van der Waals surface area contributed by atoms with Crippen LogP contribution in [0.25, 0.3) is 16.5 Å². The third-order valence-corrected chi connectivity index (χ3v) is 3.00. The Bertz CT molecular complexity index is 851. The second kappa shape index (κ2) is 6.31. The molecule has 3 rings (SSSR count). The molecule has 2 aromatic heterocycles. The van der Waals surface area contributed by atoms with Gasteiger partial charge in [-0.05, 0) is 24.3 Å². The van der Waals surface area contributed by atoms with Gasteiger partial charge in [-0.1, -0.05) is 12.1 Å². The number of diazo groups is 1. The van der Waals surface area contributed by atoms with E-state index >= 15 is 0 Å². The van der Waals surface area contributed by atoms with E-state index in [4.69, 9.17) is 5.39 Å². The summed E-state index contributed by atoms with van der Waals surface area (Å²) in [5, 5.41) is 20.5. The number of hydrogen-bond acceptors (Lipinski definition) is 6. The molecule has 0 saturated heterocycles. The Hall–Kier alpha value is -3.80. The van der Waals surface area contributed by atoms with E-state index < -0.39 is 0 Å². The number of nitrogens with zero attached hydrogens (tertiary/aromatic N) is 5. The van der Waals surface area contributed by atoms with E-state index in [1.54, 1.807) is 18.2 Å². The summed E-state index contributed by atoms with van der Waals surface area (Å²) in [6.45, 7) is 0. The van der Waals surface area contributed by atoms with Gasteiger partial charge in [0, 0.05) is 22.9 Å². The highest BCUT2D eigenvalue weighted by molar-refractivity contribution is 6.04. The van der Waals surface area contributed by atoms with E-state index in [0.717, 1.165) is 5.56 Å². The van der Waals surface area contributed by atoms with E-state index in [-0.39, 0.29) is 5.91 Å². The van der Waals surface area contributed by atoms with Crippen LogP contribution in [0.3, 0.4) is 0 Å². The van der Waals surface area contributed by atoms with E-state index in [1.165, 1.54) is 18.6 Å². The minimum Gasteiger partial charge on any atom is -0.322 e. The van der Waals surface area contributed by atoms with Crippen LogP contribution in [0.4, 0.5) is 11.5 Å². The Kier molecular flexibility index (Phi) is 3.89. The van der Waals surface area contributed by atoms with Crippen molar-refractivity contribution in [3.8, 4) is 11.4 Å². The summed E-state index contributed by atoms with van der Waals surface area (Å²) in [5.41, 5.74) is 4.07. The van der Waals surface area contributed by atoms with Gasteiger partial charge in [-0.15, -0.1) is 0 Å². The molecule has 9 heteroatoms. The van der Waals surface area contributed by atoms with Gasteiger partial charge >= 0.3 is 5.08 Å². The number of carbonyl (C=O) groups is 1. The summed E-state index contributed by atoms with van der Waals surface area (Å²) in [5.74, 6) is 0.641. The van der Waals surface area contributed by atoms with Crippen LogP contribution in [0.1, 0.15) is 10.4 Å². The van der Waals surface area contributed by atoms with Crippen molar-refractivity contribution in [2.24, 2.45) is 0 Å². The van der Waals surface area contributed by atoms with Gasteiger partial charge in [0.25, 0.3) is 11.3 Å². The quantitative estimate of drug-likeness (QED) is 0.502. The average molecular weight is 307 g/mol. The number of nitrogens with one attached hydrogen (secondary N) is 3. The number of pyridine rings is 1. The number of H-pyrrole nitrogens is 1. The summed E-state index contributed by atoms with van der Waals surface area (Å²) in [4.78, 5) is 20.2. The molecule has 3 aromatic rings. The summed E-state index contributed by atoms with van der Waals surface area (Å²) in [6, 6.07) is 10.3. The van der Waals surface area contributed by atoms with Crippen molar-refractivity contribution >= 4 is 17.4 Å². The zero-order chi connectivity index (χ0) is 16.1. The molecule has 0 aliphatic rings. The summed E-state index contributed by atoms with van der Waals surface area (Å²) >= 11 is 0. The molecule has 23 heavy (non-hydrogen) atoms. The van der Waals surface area contributed by atoms with E-state index in [1.807, 2.05) is 12.1 Å². The number of carbonyl (C=O) groups excluding carboxylic acids is 1. The number of hydrogen-bond donors (Lipinski definition) is 3. The fraction of sp³-hybridized carbons (Fsp3) is 0. The van der Waals surface area contributed by atoms with Crippen molar-refractivity contribution in [3.05, 3.63) is 59.6 Å². The molecule has 0 unspecified atom stereocenters. The first kappa shape index (κ1) is 14.2. The molecule has 0 aliphatic heterocycles. The topological polar surface area (TPSA) is 124 Å². The van der Waals surface area contributed by atoms with Crippen LogP contribution < -0.4 is 10.7 Å². The van der Waals surface area contributed by atoms with Gasteiger partial charge in [-0.2, -0.15) is 5.10 Å². The SMILES string of the molecule is N#[N+]Nc1ccc(C(=O)Nc2cccc(-c3ncn[nH]3)c2)cn1. The van der Waals surface area contributed by atoms with Crippen molar-refractivity contribution in [2.75, 3.05) is 10.7 Å². The first-order valence-electron chi connectivity index (χ1n) is 6.59. The first-order chi connectivity index (χ1) is 11.3. The van der Waals surface area contributed by atoms with Crippen LogP contribution >= 0.6 is 0 Å². The maximum absolute atomic E-state index is 12.2. The maximum Gasteiger partial charge on any atom is 0.309 e. The van der Waals surface area contributed by atoms with Gasteiger partial charge < -0.3 is 5.32 Å². The Morgan fingerprint density at radius 2 is 2.13 bits per heavy atom. The molecule has 0 spiro atoms. The smallest absolute Gasteiger partial charge is 0.309 e. The molecule has 0 radical (unpaired) electrons. The Morgan fingerprint density at radius 1 is 1.22 bits per heavy atom. The monoisotopic (exact) mass is 307 g/mol. The molecule has 0 atom stereocenters. The molecular weight excluding hydrogens is 296 g/mol. The van der Waals surface area contributed by atoms with Gasteiger partial charge in [0.2, 0.25) is 5.82 Å². The number of amides is 1. The molecular formula is C14H11N8O+. The molecule has 2 heterocycles. The number of aromatic amines is 1. The van der Waals surface area contributed by atoms with E-state index in [0.29, 0.717) is 22.9 Å². The van der Waals surface area contributed by atoms with Gasteiger partial charge in [0.15, 0.2) is 5.82 Å². The Morgan fingerprint density at radius 3 is 2.83 bits per heavy atom. The lowest BCUT2D eigenvalue weighted by Gasteiger charge is -2.06. The highest BCUT2D eigenvalue weighted by Gasteiger charge is 2.09. The molecule has 112 valence electrons. The van der Waals surface area contributed by atoms with Gasteiger partial charge in [-0.3, -0.25) is 9.89 Å². The molecule has 1 aromatic carbocycles. The van der Waals surface area contributed by atoms with E-state index in [2.05, 4.69) is 36.0 Å². The summed E-state index contributed by atoms with van der Waals surface area (Å²) in [6.07, 6.45) is 2.80. The summed E-state index contributed by atoms with van der Waals surface area (Å²) < 4.78 is 0. The normalized spacial score (nSPS) is 9.87. The third kappa shape index (κ3) is 3.27.